The van der Waals surface area contributed by atoms with Gasteiger partial charge in [0.1, 0.15) is 17.8 Å². The van der Waals surface area contributed by atoms with Gasteiger partial charge < -0.3 is 9.47 Å². The van der Waals surface area contributed by atoms with Gasteiger partial charge in [-0.15, -0.1) is 0 Å². The number of rotatable bonds is 4. The van der Waals surface area contributed by atoms with Crippen molar-refractivity contribution in [2.45, 2.75) is 32.9 Å². The second-order valence-corrected chi connectivity index (χ2v) is 5.82. The van der Waals surface area contributed by atoms with E-state index in [1.165, 1.54) is 16.5 Å². The Balaban J connectivity index is 2.14. The highest BCUT2D eigenvalue weighted by Crippen LogP contribution is 2.27. The maximum atomic E-state index is 4.78. The van der Waals surface area contributed by atoms with Crippen molar-refractivity contribution in [3.05, 3.63) is 42.1 Å². The topological polar surface area (TPSA) is 32.6 Å². The summed E-state index contributed by atoms with van der Waals surface area (Å²) in [5.41, 5.74) is 2.62. The highest BCUT2D eigenvalue weighted by Gasteiger charge is 2.20. The molecule has 1 atom stereocenters. The zero-order valence-corrected chi connectivity index (χ0v) is 13.8. The van der Waals surface area contributed by atoms with Crippen molar-refractivity contribution >= 4 is 22.6 Å². The van der Waals surface area contributed by atoms with Gasteiger partial charge in [0.05, 0.1) is 5.52 Å². The van der Waals surface area contributed by atoms with E-state index in [9.17, 15) is 0 Å². The number of likely N-dealkylation sites (N-methyl/N-ethyl adjacent to an activating group) is 2. The lowest BCUT2D eigenvalue weighted by Crippen LogP contribution is -2.44. The van der Waals surface area contributed by atoms with Crippen molar-refractivity contribution in [3.63, 3.8) is 0 Å². The standard InChI is InChI=1S/C18H24N4/c1-5-8-14-12-22(16-10-7-6-9-15(14)16)18-11-17(19-3)21(4)13(2)20-18/h6-7,9-12,17,19H,5,8H2,1-4H3. The Kier molecular flexibility index (Phi) is 4.03. The number of hydrogen-bond donors (Lipinski definition) is 1. The van der Waals surface area contributed by atoms with E-state index in [4.69, 9.17) is 4.99 Å². The summed E-state index contributed by atoms with van der Waals surface area (Å²) in [6, 6.07) is 8.58. The fraction of sp³-hybridized carbons (Fsp3) is 0.389. The molecule has 1 aliphatic rings. The van der Waals surface area contributed by atoms with E-state index in [1.54, 1.807) is 0 Å². The highest BCUT2D eigenvalue weighted by molar-refractivity contribution is 5.90. The molecular weight excluding hydrogens is 272 g/mol. The number of aromatic nitrogens is 1. The van der Waals surface area contributed by atoms with Gasteiger partial charge in [-0.25, -0.2) is 4.99 Å². The lowest BCUT2D eigenvalue weighted by Gasteiger charge is -2.31. The summed E-state index contributed by atoms with van der Waals surface area (Å²) in [6.07, 6.45) is 6.84. The van der Waals surface area contributed by atoms with Crippen LogP contribution >= 0.6 is 0 Å². The van der Waals surface area contributed by atoms with Crippen molar-refractivity contribution in [2.75, 3.05) is 14.1 Å². The van der Waals surface area contributed by atoms with Crippen LogP contribution in [0.1, 0.15) is 25.8 Å². The van der Waals surface area contributed by atoms with Gasteiger partial charge in [0, 0.05) is 18.6 Å². The molecule has 2 aromatic rings. The number of benzene rings is 1. The smallest absolute Gasteiger partial charge is 0.138 e. The van der Waals surface area contributed by atoms with Crippen LogP contribution in [0.4, 0.5) is 0 Å². The molecule has 0 radical (unpaired) electrons. The van der Waals surface area contributed by atoms with Crippen LogP contribution < -0.4 is 5.32 Å². The van der Waals surface area contributed by atoms with Crippen LogP contribution in [-0.2, 0) is 6.42 Å². The molecule has 1 unspecified atom stereocenters. The minimum Gasteiger partial charge on any atom is -0.344 e. The monoisotopic (exact) mass is 296 g/mol. The minimum absolute atomic E-state index is 0.170. The molecule has 1 aromatic carbocycles. The summed E-state index contributed by atoms with van der Waals surface area (Å²) >= 11 is 0. The number of para-hydroxylation sites is 1. The lowest BCUT2D eigenvalue weighted by molar-refractivity contribution is 0.376. The Morgan fingerprint density at radius 3 is 2.77 bits per heavy atom. The number of nitrogens with one attached hydrogen (secondary N) is 1. The Labute approximate surface area is 132 Å². The average molecular weight is 296 g/mol. The maximum absolute atomic E-state index is 4.78. The summed E-state index contributed by atoms with van der Waals surface area (Å²) in [5.74, 6) is 2.01. The SMILES string of the molecule is CCCc1cn(C2=CC(NC)N(C)C(C)=N2)c2ccccc12. The molecule has 0 fully saturated rings. The van der Waals surface area contributed by atoms with Crippen LogP contribution in [-0.4, -0.2) is 35.6 Å². The second-order valence-electron chi connectivity index (χ2n) is 5.82. The van der Waals surface area contributed by atoms with E-state index in [2.05, 4.69) is 72.2 Å². The number of aryl methyl sites for hydroxylation is 1. The van der Waals surface area contributed by atoms with Crippen LogP contribution in [0, 0.1) is 0 Å². The van der Waals surface area contributed by atoms with E-state index in [1.807, 2.05) is 7.05 Å². The molecule has 22 heavy (non-hydrogen) atoms. The number of hydrogen-bond acceptors (Lipinski definition) is 3. The molecule has 4 heteroatoms. The quantitative estimate of drug-likeness (QED) is 0.939. The molecule has 1 aliphatic heterocycles. The lowest BCUT2D eigenvalue weighted by atomic mass is 10.1. The minimum atomic E-state index is 0.170. The summed E-state index contributed by atoms with van der Waals surface area (Å²) in [4.78, 5) is 6.92. The van der Waals surface area contributed by atoms with Crippen LogP contribution in [0.5, 0.6) is 0 Å². The summed E-state index contributed by atoms with van der Waals surface area (Å²) in [6.45, 7) is 4.27. The van der Waals surface area contributed by atoms with Crippen LogP contribution in [0.3, 0.4) is 0 Å². The molecule has 0 amide bonds. The van der Waals surface area contributed by atoms with Crippen LogP contribution in [0.25, 0.3) is 16.7 Å². The summed E-state index contributed by atoms with van der Waals surface area (Å²) in [5, 5.41) is 4.65. The highest BCUT2D eigenvalue weighted by atomic mass is 15.3. The predicted molar refractivity (Wildman–Crippen MR) is 93.9 cm³/mol. The first-order chi connectivity index (χ1) is 10.7. The number of aliphatic imine (C=N–C) groups is 1. The van der Waals surface area contributed by atoms with Gasteiger partial charge in [-0.1, -0.05) is 31.5 Å². The molecule has 116 valence electrons. The molecule has 3 rings (SSSR count). The third-order valence-corrected chi connectivity index (χ3v) is 4.37. The van der Waals surface area contributed by atoms with Crippen molar-refractivity contribution < 1.29 is 0 Å². The molecule has 0 aliphatic carbocycles. The van der Waals surface area contributed by atoms with Crippen LogP contribution in [0.15, 0.2) is 41.5 Å². The molecule has 0 saturated carbocycles. The van der Waals surface area contributed by atoms with Gasteiger partial charge in [-0.2, -0.15) is 0 Å². The van der Waals surface area contributed by atoms with E-state index in [0.717, 1.165) is 24.5 Å². The Bertz CT molecular complexity index is 739. The third-order valence-electron chi connectivity index (χ3n) is 4.37. The van der Waals surface area contributed by atoms with Gasteiger partial charge >= 0.3 is 0 Å². The zero-order valence-electron chi connectivity index (χ0n) is 13.8. The van der Waals surface area contributed by atoms with Gasteiger partial charge in [-0.3, -0.25) is 5.32 Å². The van der Waals surface area contributed by atoms with Gasteiger partial charge in [0.25, 0.3) is 0 Å². The van der Waals surface area contributed by atoms with E-state index in [0.29, 0.717) is 0 Å². The van der Waals surface area contributed by atoms with Crippen molar-refractivity contribution in [3.8, 4) is 0 Å². The molecule has 2 heterocycles. The second kappa shape index (κ2) is 5.97. The molecule has 0 bridgehead atoms. The molecular formula is C18H24N4. The molecule has 0 spiro atoms. The first-order valence-corrected chi connectivity index (χ1v) is 7.92. The average Bonchev–Trinajstić information content (AvgIpc) is 2.89. The van der Waals surface area contributed by atoms with E-state index < -0.39 is 0 Å². The van der Waals surface area contributed by atoms with Gasteiger partial charge in [-0.05, 0) is 38.1 Å². The predicted octanol–water partition coefficient (Wildman–Crippen LogP) is 3.30. The molecule has 0 saturated heterocycles. The zero-order chi connectivity index (χ0) is 15.7. The summed E-state index contributed by atoms with van der Waals surface area (Å²) in [7, 11) is 4.04. The van der Waals surface area contributed by atoms with E-state index in [-0.39, 0.29) is 6.17 Å². The van der Waals surface area contributed by atoms with Crippen molar-refractivity contribution in [1.82, 2.24) is 14.8 Å². The van der Waals surface area contributed by atoms with Crippen molar-refractivity contribution in [2.24, 2.45) is 4.99 Å². The molecule has 1 N–H and O–H groups in total. The Morgan fingerprint density at radius 1 is 1.27 bits per heavy atom. The fourth-order valence-corrected chi connectivity index (χ4v) is 3.06. The number of fused-ring (bicyclic) bond motifs is 1. The van der Waals surface area contributed by atoms with Crippen molar-refractivity contribution in [1.29, 1.82) is 0 Å². The molecule has 1 aromatic heterocycles. The third kappa shape index (κ3) is 2.44. The van der Waals surface area contributed by atoms with Gasteiger partial charge in [0.2, 0.25) is 0 Å². The first kappa shape index (κ1) is 14.9. The fourth-order valence-electron chi connectivity index (χ4n) is 3.06. The van der Waals surface area contributed by atoms with Crippen LogP contribution in [0.2, 0.25) is 0 Å². The maximum Gasteiger partial charge on any atom is 0.138 e. The summed E-state index contributed by atoms with van der Waals surface area (Å²) < 4.78 is 2.22. The first-order valence-electron chi connectivity index (χ1n) is 7.92. The number of amidine groups is 1. The normalized spacial score (nSPS) is 18.5. The largest absolute Gasteiger partial charge is 0.344 e. The number of nitrogens with zero attached hydrogens (tertiary/aromatic N) is 3. The van der Waals surface area contributed by atoms with E-state index >= 15 is 0 Å². The Hall–Kier alpha value is -2.07. The van der Waals surface area contributed by atoms with Gasteiger partial charge in [0.15, 0.2) is 0 Å². The molecule has 4 nitrogen and oxygen atoms in total. The Morgan fingerprint density at radius 2 is 2.05 bits per heavy atom.